The second kappa shape index (κ2) is 11.7. The standard InChI is InChI=1S/2C6H7O3P.Zn/c2*7-10(8)9-6-4-2-1-3-5-6;/h2*1-5,10H,(H,7,8);/q;;+2/p-2. The number of benzene rings is 2. The van der Waals surface area contributed by atoms with Crippen molar-refractivity contribution in [1.29, 1.82) is 0 Å². The average molecular weight is 380 g/mol. The summed E-state index contributed by atoms with van der Waals surface area (Å²) in [4.78, 5) is 20.0. The SMILES string of the molecule is O=[PH]([O-])Oc1ccccc1.O=[PH]([O-])Oc1ccccc1.[Zn+2]. The quantitative estimate of drug-likeness (QED) is 0.591. The fourth-order valence-electron chi connectivity index (χ4n) is 1.17. The van der Waals surface area contributed by atoms with Crippen LogP contribution in [0.15, 0.2) is 60.7 Å². The van der Waals surface area contributed by atoms with Gasteiger partial charge in [-0.25, -0.2) is 0 Å². The van der Waals surface area contributed by atoms with Crippen LogP contribution in [0.25, 0.3) is 0 Å². The van der Waals surface area contributed by atoms with Gasteiger partial charge in [-0.3, -0.25) is 9.13 Å². The van der Waals surface area contributed by atoms with E-state index in [1.807, 2.05) is 0 Å². The maximum absolute atomic E-state index is 10.0. The minimum absolute atomic E-state index is 0. The van der Waals surface area contributed by atoms with Crippen LogP contribution in [0.1, 0.15) is 0 Å². The molecule has 6 nitrogen and oxygen atoms in total. The van der Waals surface area contributed by atoms with Gasteiger partial charge in [-0.05, 0) is 24.3 Å². The van der Waals surface area contributed by atoms with E-state index in [0.29, 0.717) is 11.5 Å². The van der Waals surface area contributed by atoms with Crippen LogP contribution in [-0.4, -0.2) is 0 Å². The summed E-state index contributed by atoms with van der Waals surface area (Å²) < 4.78 is 28.9. The fraction of sp³-hybridized carbons (Fsp3) is 0. The molecule has 2 aromatic rings. The van der Waals surface area contributed by atoms with Crippen molar-refractivity contribution in [3.05, 3.63) is 60.7 Å². The Bertz CT molecular complexity index is 501. The van der Waals surface area contributed by atoms with Gasteiger partial charge in [0.05, 0.1) is 0 Å². The first-order valence-corrected chi connectivity index (χ1v) is 7.90. The summed E-state index contributed by atoms with van der Waals surface area (Å²) in [6.07, 6.45) is 0. The Morgan fingerprint density at radius 2 is 0.952 bits per heavy atom. The predicted octanol–water partition coefficient (Wildman–Crippen LogP) is 1.63. The van der Waals surface area contributed by atoms with Crippen molar-refractivity contribution in [2.75, 3.05) is 0 Å². The first kappa shape index (κ1) is 20.0. The molecule has 2 rings (SSSR count). The van der Waals surface area contributed by atoms with Gasteiger partial charge in [0.2, 0.25) is 0 Å². The molecule has 0 aliphatic rings. The maximum atomic E-state index is 10.0. The molecule has 0 aliphatic carbocycles. The third-order valence-corrected chi connectivity index (χ3v) is 2.69. The predicted molar refractivity (Wildman–Crippen MR) is 72.1 cm³/mol. The van der Waals surface area contributed by atoms with Crippen molar-refractivity contribution in [3.8, 4) is 11.5 Å². The van der Waals surface area contributed by atoms with Gasteiger partial charge in [-0.2, -0.15) is 0 Å². The van der Waals surface area contributed by atoms with Crippen molar-refractivity contribution < 1.29 is 47.4 Å². The molecule has 0 heterocycles. The van der Waals surface area contributed by atoms with Crippen LogP contribution in [0.3, 0.4) is 0 Å². The average Bonchev–Trinajstić information content (AvgIpc) is 2.40. The molecule has 0 bridgehead atoms. The number of hydrogen-bond acceptors (Lipinski definition) is 6. The van der Waals surface area contributed by atoms with E-state index in [1.54, 1.807) is 60.7 Å². The summed E-state index contributed by atoms with van der Waals surface area (Å²) in [5.41, 5.74) is 0. The van der Waals surface area contributed by atoms with Crippen molar-refractivity contribution in [2.45, 2.75) is 0 Å². The van der Waals surface area contributed by atoms with E-state index in [-0.39, 0.29) is 19.5 Å². The Morgan fingerprint density at radius 3 is 1.19 bits per heavy atom. The number of hydrogen-bond donors (Lipinski definition) is 0. The Balaban J connectivity index is 0.000000364. The fourth-order valence-corrected chi connectivity index (χ4v) is 1.83. The van der Waals surface area contributed by atoms with Crippen LogP contribution in [0.2, 0.25) is 0 Å². The molecule has 0 aliphatic heterocycles. The molecule has 0 spiro atoms. The zero-order chi connectivity index (χ0) is 14.8. The Labute approximate surface area is 136 Å². The molecular weight excluding hydrogens is 367 g/mol. The molecule has 0 saturated carbocycles. The van der Waals surface area contributed by atoms with Crippen molar-refractivity contribution in [3.63, 3.8) is 0 Å². The van der Waals surface area contributed by atoms with Crippen LogP contribution in [0, 0.1) is 0 Å². The second-order valence-electron chi connectivity index (χ2n) is 3.33. The van der Waals surface area contributed by atoms with Gasteiger partial charge >= 0.3 is 19.5 Å². The third kappa shape index (κ3) is 10.4. The molecule has 0 saturated heterocycles. The zero-order valence-electron chi connectivity index (χ0n) is 10.9. The molecule has 9 heteroatoms. The van der Waals surface area contributed by atoms with E-state index in [9.17, 15) is 18.9 Å². The molecule has 0 aromatic heterocycles. The van der Waals surface area contributed by atoms with Gasteiger partial charge in [0.25, 0.3) is 0 Å². The zero-order valence-corrected chi connectivity index (χ0v) is 15.9. The number of rotatable bonds is 4. The van der Waals surface area contributed by atoms with Gasteiger partial charge < -0.3 is 18.8 Å². The summed E-state index contributed by atoms with van der Waals surface area (Å²) in [6, 6.07) is 16.7. The molecule has 2 atom stereocenters. The van der Waals surface area contributed by atoms with E-state index in [2.05, 4.69) is 9.05 Å². The smallest absolute Gasteiger partial charge is 0.771 e. The summed E-state index contributed by atoms with van der Waals surface area (Å²) >= 11 is 0. The minimum atomic E-state index is -3.09. The molecule has 2 unspecified atom stereocenters. The van der Waals surface area contributed by atoms with Crippen molar-refractivity contribution in [1.82, 2.24) is 0 Å². The van der Waals surface area contributed by atoms with Gasteiger partial charge in [-0.15, -0.1) is 0 Å². The van der Waals surface area contributed by atoms with E-state index >= 15 is 0 Å². The molecule has 21 heavy (non-hydrogen) atoms. The van der Waals surface area contributed by atoms with E-state index < -0.39 is 16.5 Å². The van der Waals surface area contributed by atoms with Crippen LogP contribution in [0.4, 0.5) is 0 Å². The third-order valence-electron chi connectivity index (χ3n) is 1.89. The summed E-state index contributed by atoms with van der Waals surface area (Å²) in [5.74, 6) is 0.725. The Hall–Kier alpha value is -0.957. The summed E-state index contributed by atoms with van der Waals surface area (Å²) in [5, 5.41) is 0. The van der Waals surface area contributed by atoms with Crippen LogP contribution in [-0.2, 0) is 28.6 Å². The maximum Gasteiger partial charge on any atom is 2.00 e. The first-order chi connectivity index (χ1) is 9.58. The van der Waals surface area contributed by atoms with E-state index in [1.165, 1.54) is 0 Å². The van der Waals surface area contributed by atoms with E-state index in [4.69, 9.17) is 0 Å². The van der Waals surface area contributed by atoms with E-state index in [0.717, 1.165) is 0 Å². The molecule has 2 aromatic carbocycles. The van der Waals surface area contributed by atoms with Gasteiger partial charge in [0.1, 0.15) is 11.5 Å². The first-order valence-electron chi connectivity index (χ1n) is 5.45. The van der Waals surface area contributed by atoms with Gasteiger partial charge in [0.15, 0.2) is 16.5 Å². The normalized spacial score (nSPS) is 11.9. The van der Waals surface area contributed by atoms with Crippen LogP contribution >= 0.6 is 16.5 Å². The van der Waals surface area contributed by atoms with Crippen LogP contribution < -0.4 is 18.8 Å². The van der Waals surface area contributed by atoms with Gasteiger partial charge in [-0.1, -0.05) is 36.4 Å². The van der Waals surface area contributed by atoms with Gasteiger partial charge in [0, 0.05) is 0 Å². The molecule has 0 radical (unpaired) electrons. The number of para-hydroxylation sites is 2. The molecule has 0 N–H and O–H groups in total. The monoisotopic (exact) mass is 378 g/mol. The van der Waals surface area contributed by atoms with Crippen molar-refractivity contribution in [2.24, 2.45) is 0 Å². The molecular formula is C12H12O6P2Zn. The van der Waals surface area contributed by atoms with Crippen LogP contribution in [0.5, 0.6) is 11.5 Å². The molecule has 108 valence electrons. The molecule has 0 fully saturated rings. The Morgan fingerprint density at radius 1 is 0.667 bits per heavy atom. The minimum Gasteiger partial charge on any atom is -0.771 e. The summed E-state index contributed by atoms with van der Waals surface area (Å²) in [7, 11) is -6.17. The molecule has 0 amide bonds. The topological polar surface area (TPSA) is 98.7 Å². The second-order valence-corrected chi connectivity index (χ2v) is 4.74. The van der Waals surface area contributed by atoms with Crippen molar-refractivity contribution >= 4 is 16.5 Å². The summed E-state index contributed by atoms with van der Waals surface area (Å²) in [6.45, 7) is 0. The largest absolute Gasteiger partial charge is 2.00 e. The Kier molecular flexibility index (Phi) is 11.1.